The highest BCUT2D eigenvalue weighted by Gasteiger charge is 2.48. The lowest BCUT2D eigenvalue weighted by molar-refractivity contribution is -0.0979. The summed E-state index contributed by atoms with van der Waals surface area (Å²) in [6.07, 6.45) is 3.16. The third-order valence-electron chi connectivity index (χ3n) is 4.04. The van der Waals surface area contributed by atoms with Crippen molar-refractivity contribution in [3.8, 4) is 5.88 Å². The number of aromatic nitrogens is 1. The number of hydrogen-bond donors (Lipinski definition) is 1. The van der Waals surface area contributed by atoms with Crippen molar-refractivity contribution >= 4 is 0 Å². The molecule has 1 aliphatic rings. The Bertz CT molecular complexity index is 407. The molecule has 0 amide bonds. The third-order valence-corrected chi connectivity index (χ3v) is 4.04. The molecule has 0 radical (unpaired) electrons. The highest BCUT2D eigenvalue weighted by Crippen LogP contribution is 2.42. The molecule has 0 aromatic carbocycles. The molecular formula is C14H22N2O2. The zero-order chi connectivity index (χ0) is 13.2. The van der Waals surface area contributed by atoms with Crippen LogP contribution in [-0.2, 0) is 11.3 Å². The van der Waals surface area contributed by atoms with Crippen LogP contribution in [0.2, 0.25) is 0 Å². The maximum atomic E-state index is 5.45. The fourth-order valence-electron chi connectivity index (χ4n) is 2.61. The summed E-state index contributed by atoms with van der Waals surface area (Å²) in [5.74, 6) is 0.699. The fraction of sp³-hybridized carbons (Fsp3) is 0.643. The van der Waals surface area contributed by atoms with Gasteiger partial charge in [-0.05, 0) is 12.5 Å². The van der Waals surface area contributed by atoms with Crippen molar-refractivity contribution in [2.45, 2.75) is 39.0 Å². The molecule has 2 atom stereocenters. The summed E-state index contributed by atoms with van der Waals surface area (Å²) in [5.41, 5.74) is 1.28. The van der Waals surface area contributed by atoms with Crippen molar-refractivity contribution in [1.82, 2.24) is 10.3 Å². The van der Waals surface area contributed by atoms with Gasteiger partial charge in [-0.1, -0.05) is 19.9 Å². The molecule has 0 bridgehead atoms. The Hall–Kier alpha value is -1.13. The lowest BCUT2D eigenvalue weighted by Crippen LogP contribution is -2.60. The van der Waals surface area contributed by atoms with Gasteiger partial charge in [-0.15, -0.1) is 0 Å². The first-order chi connectivity index (χ1) is 8.59. The van der Waals surface area contributed by atoms with Crippen LogP contribution in [0.15, 0.2) is 18.3 Å². The molecule has 1 heterocycles. The number of nitrogens with one attached hydrogen (secondary N) is 1. The van der Waals surface area contributed by atoms with E-state index in [4.69, 9.17) is 9.47 Å². The second kappa shape index (κ2) is 5.24. The maximum Gasteiger partial charge on any atom is 0.217 e. The van der Waals surface area contributed by atoms with Gasteiger partial charge in [-0.25, -0.2) is 4.98 Å². The second-order valence-corrected chi connectivity index (χ2v) is 5.39. The van der Waals surface area contributed by atoms with Crippen LogP contribution < -0.4 is 10.1 Å². The molecule has 1 fully saturated rings. The zero-order valence-electron chi connectivity index (χ0n) is 11.6. The van der Waals surface area contributed by atoms with Crippen LogP contribution in [0, 0.1) is 5.41 Å². The van der Waals surface area contributed by atoms with Crippen molar-refractivity contribution in [1.29, 1.82) is 0 Å². The summed E-state index contributed by atoms with van der Waals surface area (Å²) < 4.78 is 10.7. The van der Waals surface area contributed by atoms with E-state index >= 15 is 0 Å². The van der Waals surface area contributed by atoms with E-state index in [1.807, 2.05) is 12.1 Å². The normalized spacial score (nSPS) is 25.6. The Labute approximate surface area is 109 Å². The largest absolute Gasteiger partial charge is 0.481 e. The van der Waals surface area contributed by atoms with E-state index in [0.717, 1.165) is 18.5 Å². The fourth-order valence-corrected chi connectivity index (χ4v) is 2.61. The Morgan fingerprint density at radius 2 is 2.22 bits per heavy atom. The molecule has 100 valence electrons. The number of hydrogen-bond acceptors (Lipinski definition) is 4. The Morgan fingerprint density at radius 1 is 1.44 bits per heavy atom. The molecule has 1 aromatic rings. The third kappa shape index (κ3) is 2.35. The van der Waals surface area contributed by atoms with Gasteiger partial charge in [0.2, 0.25) is 5.88 Å². The molecular weight excluding hydrogens is 228 g/mol. The van der Waals surface area contributed by atoms with Crippen molar-refractivity contribution in [2.24, 2.45) is 5.41 Å². The van der Waals surface area contributed by atoms with Gasteiger partial charge in [0.25, 0.3) is 0 Å². The van der Waals surface area contributed by atoms with Crippen LogP contribution in [0.3, 0.4) is 0 Å². The van der Waals surface area contributed by atoms with E-state index in [9.17, 15) is 0 Å². The first-order valence-electron chi connectivity index (χ1n) is 6.33. The molecule has 1 aromatic heterocycles. The van der Waals surface area contributed by atoms with Crippen molar-refractivity contribution in [3.05, 3.63) is 23.9 Å². The van der Waals surface area contributed by atoms with Gasteiger partial charge in [-0.3, -0.25) is 0 Å². The summed E-state index contributed by atoms with van der Waals surface area (Å²) in [6.45, 7) is 5.26. The van der Waals surface area contributed by atoms with Crippen molar-refractivity contribution < 1.29 is 9.47 Å². The van der Waals surface area contributed by atoms with Crippen LogP contribution in [0.4, 0.5) is 0 Å². The minimum Gasteiger partial charge on any atom is -0.481 e. The number of methoxy groups -OCH3 is 2. The lowest BCUT2D eigenvalue weighted by atomic mass is 9.64. The zero-order valence-corrected chi connectivity index (χ0v) is 11.6. The number of rotatable bonds is 5. The van der Waals surface area contributed by atoms with E-state index in [2.05, 4.69) is 24.1 Å². The van der Waals surface area contributed by atoms with E-state index < -0.39 is 0 Å². The molecule has 4 nitrogen and oxygen atoms in total. The van der Waals surface area contributed by atoms with Gasteiger partial charge in [0.05, 0.1) is 13.2 Å². The quantitative estimate of drug-likeness (QED) is 0.868. The first kappa shape index (κ1) is 13.3. The second-order valence-electron chi connectivity index (χ2n) is 5.39. The van der Waals surface area contributed by atoms with E-state index in [1.54, 1.807) is 20.4 Å². The molecule has 1 aliphatic carbocycles. The van der Waals surface area contributed by atoms with E-state index in [0.29, 0.717) is 18.0 Å². The molecule has 2 rings (SSSR count). The van der Waals surface area contributed by atoms with Crippen LogP contribution in [-0.4, -0.2) is 31.3 Å². The van der Waals surface area contributed by atoms with Gasteiger partial charge in [0.15, 0.2) is 0 Å². The first-order valence-corrected chi connectivity index (χ1v) is 6.33. The van der Waals surface area contributed by atoms with Crippen LogP contribution in [0.1, 0.15) is 25.8 Å². The summed E-state index contributed by atoms with van der Waals surface area (Å²) in [7, 11) is 3.44. The predicted octanol–water partition coefficient (Wildman–Crippen LogP) is 1.99. The topological polar surface area (TPSA) is 43.4 Å². The van der Waals surface area contributed by atoms with Gasteiger partial charge in [0, 0.05) is 36.9 Å². The standard InChI is InChI=1S/C14H22N2O2/c1-14(2)11(8-12(14)17-3)16-9-10-6-5-7-15-13(10)18-4/h5-7,11-12,16H,8-9H2,1-4H3. The molecule has 0 saturated heterocycles. The highest BCUT2D eigenvalue weighted by atomic mass is 16.5. The van der Waals surface area contributed by atoms with Gasteiger partial charge >= 0.3 is 0 Å². The Morgan fingerprint density at radius 3 is 2.83 bits per heavy atom. The average molecular weight is 250 g/mol. The van der Waals surface area contributed by atoms with Crippen LogP contribution in [0.5, 0.6) is 5.88 Å². The molecule has 18 heavy (non-hydrogen) atoms. The SMILES string of the molecule is COc1ncccc1CNC1CC(OC)C1(C)C. The minimum absolute atomic E-state index is 0.185. The summed E-state index contributed by atoms with van der Waals surface area (Å²) in [6, 6.07) is 4.45. The van der Waals surface area contributed by atoms with E-state index in [1.165, 1.54) is 0 Å². The van der Waals surface area contributed by atoms with E-state index in [-0.39, 0.29) is 5.41 Å². The average Bonchev–Trinajstić information content (AvgIpc) is 2.38. The van der Waals surface area contributed by atoms with Gasteiger partial charge in [-0.2, -0.15) is 0 Å². The molecule has 0 aliphatic heterocycles. The number of pyridine rings is 1. The summed E-state index contributed by atoms with van der Waals surface area (Å²) in [4.78, 5) is 4.20. The monoisotopic (exact) mass is 250 g/mol. The van der Waals surface area contributed by atoms with Crippen molar-refractivity contribution in [2.75, 3.05) is 14.2 Å². The van der Waals surface area contributed by atoms with Crippen molar-refractivity contribution in [3.63, 3.8) is 0 Å². The highest BCUT2D eigenvalue weighted by molar-refractivity contribution is 5.25. The number of ether oxygens (including phenoxy) is 2. The molecule has 1 saturated carbocycles. The Kier molecular flexibility index (Phi) is 3.88. The molecule has 1 N–H and O–H groups in total. The lowest BCUT2D eigenvalue weighted by Gasteiger charge is -2.51. The summed E-state index contributed by atoms with van der Waals surface area (Å²) >= 11 is 0. The molecule has 4 heteroatoms. The van der Waals surface area contributed by atoms with Gasteiger partial charge in [0.1, 0.15) is 0 Å². The maximum absolute atomic E-state index is 5.45. The Balaban J connectivity index is 1.93. The number of nitrogens with zero attached hydrogens (tertiary/aromatic N) is 1. The summed E-state index contributed by atoms with van der Waals surface area (Å²) in [5, 5.41) is 3.56. The van der Waals surface area contributed by atoms with Crippen LogP contribution >= 0.6 is 0 Å². The molecule has 0 spiro atoms. The van der Waals surface area contributed by atoms with Crippen LogP contribution in [0.25, 0.3) is 0 Å². The minimum atomic E-state index is 0.185. The molecule has 2 unspecified atom stereocenters. The predicted molar refractivity (Wildman–Crippen MR) is 70.6 cm³/mol. The smallest absolute Gasteiger partial charge is 0.217 e. The van der Waals surface area contributed by atoms with Gasteiger partial charge < -0.3 is 14.8 Å².